The lowest BCUT2D eigenvalue weighted by atomic mass is 10.0. The third kappa shape index (κ3) is 4.54. The van der Waals surface area contributed by atoms with E-state index >= 15 is 0 Å². The van der Waals surface area contributed by atoms with Crippen molar-refractivity contribution in [2.24, 2.45) is 0 Å². The van der Waals surface area contributed by atoms with Gasteiger partial charge >= 0.3 is 0 Å². The van der Waals surface area contributed by atoms with Gasteiger partial charge in [0.2, 0.25) is 0 Å². The summed E-state index contributed by atoms with van der Waals surface area (Å²) in [7, 11) is 1.73. The van der Waals surface area contributed by atoms with E-state index in [0.717, 1.165) is 56.3 Å². The molecule has 2 aliphatic rings. The van der Waals surface area contributed by atoms with Crippen molar-refractivity contribution in [3.8, 4) is 17.2 Å². The second-order valence-corrected chi connectivity index (χ2v) is 7.27. The van der Waals surface area contributed by atoms with Gasteiger partial charge in [-0.3, -0.25) is 4.90 Å². The predicted molar refractivity (Wildman–Crippen MR) is 106 cm³/mol. The number of methoxy groups -OCH3 is 1. The molecule has 1 fully saturated rings. The molecule has 2 aromatic carbocycles. The molecule has 0 aromatic heterocycles. The highest BCUT2D eigenvalue weighted by Crippen LogP contribution is 2.31. The van der Waals surface area contributed by atoms with Crippen LogP contribution in [-0.4, -0.2) is 50.4 Å². The minimum absolute atomic E-state index is 0.109. The fourth-order valence-corrected chi connectivity index (χ4v) is 3.86. The minimum atomic E-state index is 0.109. The standard InChI is InChI=1S/C22H28N2O3/c1-25-20-7-3-2-6-17(20)14-23-18-10-12-24(13-11-18)15-19-16-26-21-8-4-5-9-22(21)27-19/h2-9,18-19,23H,10-16H2,1H3. The van der Waals surface area contributed by atoms with E-state index in [9.17, 15) is 0 Å². The first-order valence-corrected chi connectivity index (χ1v) is 9.78. The largest absolute Gasteiger partial charge is 0.496 e. The fraction of sp³-hybridized carbons (Fsp3) is 0.455. The van der Waals surface area contributed by atoms with Gasteiger partial charge in [-0.25, -0.2) is 0 Å². The first kappa shape index (κ1) is 18.1. The Morgan fingerprint density at radius 3 is 2.59 bits per heavy atom. The third-order valence-electron chi connectivity index (χ3n) is 5.39. The van der Waals surface area contributed by atoms with E-state index in [1.165, 1.54) is 5.56 Å². The number of fused-ring (bicyclic) bond motifs is 1. The molecule has 0 radical (unpaired) electrons. The van der Waals surface area contributed by atoms with Crippen LogP contribution in [0, 0.1) is 0 Å². The Morgan fingerprint density at radius 1 is 1.04 bits per heavy atom. The molecule has 5 nitrogen and oxygen atoms in total. The van der Waals surface area contributed by atoms with Gasteiger partial charge in [-0.05, 0) is 44.1 Å². The highest BCUT2D eigenvalue weighted by molar-refractivity contribution is 5.40. The summed E-state index contributed by atoms with van der Waals surface area (Å²) in [5, 5.41) is 3.69. The second-order valence-electron chi connectivity index (χ2n) is 7.27. The van der Waals surface area contributed by atoms with Crippen LogP contribution in [0.5, 0.6) is 17.2 Å². The number of hydrogen-bond donors (Lipinski definition) is 1. The van der Waals surface area contributed by atoms with Crippen LogP contribution in [0.25, 0.3) is 0 Å². The molecule has 144 valence electrons. The molecule has 1 unspecified atom stereocenters. The summed E-state index contributed by atoms with van der Waals surface area (Å²) in [6.45, 7) is 4.58. The van der Waals surface area contributed by atoms with Crippen molar-refractivity contribution < 1.29 is 14.2 Å². The van der Waals surface area contributed by atoms with Gasteiger partial charge in [-0.1, -0.05) is 30.3 Å². The number of para-hydroxylation sites is 3. The van der Waals surface area contributed by atoms with E-state index < -0.39 is 0 Å². The van der Waals surface area contributed by atoms with E-state index in [1.54, 1.807) is 7.11 Å². The SMILES string of the molecule is COc1ccccc1CNC1CCN(CC2COc3ccccc3O2)CC1. The zero-order valence-electron chi connectivity index (χ0n) is 15.9. The van der Waals surface area contributed by atoms with Crippen LogP contribution in [0.3, 0.4) is 0 Å². The summed E-state index contributed by atoms with van der Waals surface area (Å²) in [6, 6.07) is 16.7. The van der Waals surface area contributed by atoms with E-state index in [-0.39, 0.29) is 6.10 Å². The lowest BCUT2D eigenvalue weighted by molar-refractivity contribution is 0.0501. The third-order valence-corrected chi connectivity index (χ3v) is 5.39. The molecule has 1 atom stereocenters. The number of ether oxygens (including phenoxy) is 3. The number of nitrogens with zero attached hydrogens (tertiary/aromatic N) is 1. The maximum Gasteiger partial charge on any atom is 0.161 e. The Labute approximate surface area is 161 Å². The summed E-state index contributed by atoms with van der Waals surface area (Å²) in [5.74, 6) is 2.67. The average Bonchev–Trinajstić information content (AvgIpc) is 2.73. The van der Waals surface area contributed by atoms with Gasteiger partial charge in [0, 0.05) is 24.7 Å². The van der Waals surface area contributed by atoms with E-state index in [2.05, 4.69) is 22.3 Å². The van der Waals surface area contributed by atoms with Crippen LogP contribution >= 0.6 is 0 Å². The maximum absolute atomic E-state index is 6.10. The van der Waals surface area contributed by atoms with Crippen LogP contribution in [0.4, 0.5) is 0 Å². The average molecular weight is 368 g/mol. The Balaban J connectivity index is 1.22. The molecule has 0 bridgehead atoms. The highest BCUT2D eigenvalue weighted by Gasteiger charge is 2.26. The molecule has 0 amide bonds. The van der Waals surface area contributed by atoms with Gasteiger partial charge in [0.1, 0.15) is 18.5 Å². The summed E-state index contributed by atoms with van der Waals surface area (Å²) >= 11 is 0. The predicted octanol–water partition coefficient (Wildman–Crippen LogP) is 3.09. The van der Waals surface area contributed by atoms with E-state index in [4.69, 9.17) is 14.2 Å². The van der Waals surface area contributed by atoms with Crippen molar-refractivity contribution in [2.45, 2.75) is 31.5 Å². The quantitative estimate of drug-likeness (QED) is 0.849. The molecule has 1 saturated heterocycles. The zero-order chi connectivity index (χ0) is 18.5. The van der Waals surface area contributed by atoms with Gasteiger partial charge < -0.3 is 19.5 Å². The van der Waals surface area contributed by atoms with Crippen LogP contribution in [0.15, 0.2) is 48.5 Å². The minimum Gasteiger partial charge on any atom is -0.496 e. The van der Waals surface area contributed by atoms with Crippen molar-refractivity contribution in [3.63, 3.8) is 0 Å². The molecule has 0 saturated carbocycles. The Morgan fingerprint density at radius 2 is 1.78 bits per heavy atom. The van der Waals surface area contributed by atoms with Gasteiger partial charge in [-0.2, -0.15) is 0 Å². The monoisotopic (exact) mass is 368 g/mol. The van der Waals surface area contributed by atoms with Crippen LogP contribution in [0.2, 0.25) is 0 Å². The number of hydrogen-bond acceptors (Lipinski definition) is 5. The van der Waals surface area contributed by atoms with Gasteiger partial charge in [0.15, 0.2) is 11.5 Å². The summed E-state index contributed by atoms with van der Waals surface area (Å²) in [4.78, 5) is 2.49. The number of nitrogens with one attached hydrogen (secondary N) is 1. The number of likely N-dealkylation sites (tertiary alicyclic amines) is 1. The Bertz CT molecular complexity index is 744. The van der Waals surface area contributed by atoms with E-state index in [0.29, 0.717) is 12.6 Å². The van der Waals surface area contributed by atoms with Crippen LogP contribution in [-0.2, 0) is 6.54 Å². The van der Waals surface area contributed by atoms with Crippen molar-refractivity contribution in [1.82, 2.24) is 10.2 Å². The number of piperidine rings is 1. The molecule has 0 spiro atoms. The maximum atomic E-state index is 6.10. The number of benzene rings is 2. The molecule has 2 aromatic rings. The summed E-state index contributed by atoms with van der Waals surface area (Å²) in [5.41, 5.74) is 1.22. The Hall–Kier alpha value is -2.24. The topological polar surface area (TPSA) is 43.0 Å². The van der Waals surface area contributed by atoms with Gasteiger partial charge in [-0.15, -0.1) is 0 Å². The number of rotatable bonds is 6. The lowest BCUT2D eigenvalue weighted by Crippen LogP contribution is -2.47. The van der Waals surface area contributed by atoms with E-state index in [1.807, 2.05) is 36.4 Å². The molecule has 27 heavy (non-hydrogen) atoms. The molecule has 5 heteroatoms. The van der Waals surface area contributed by atoms with Gasteiger partial charge in [0.25, 0.3) is 0 Å². The zero-order valence-corrected chi connectivity index (χ0v) is 15.9. The summed E-state index contributed by atoms with van der Waals surface area (Å²) in [6.07, 6.45) is 2.41. The lowest BCUT2D eigenvalue weighted by Gasteiger charge is -2.36. The fourth-order valence-electron chi connectivity index (χ4n) is 3.86. The first-order chi connectivity index (χ1) is 13.3. The van der Waals surface area contributed by atoms with Crippen molar-refractivity contribution in [2.75, 3.05) is 33.4 Å². The van der Waals surface area contributed by atoms with Crippen LogP contribution in [0.1, 0.15) is 18.4 Å². The molecule has 2 heterocycles. The highest BCUT2D eigenvalue weighted by atomic mass is 16.6. The van der Waals surface area contributed by atoms with Crippen molar-refractivity contribution in [3.05, 3.63) is 54.1 Å². The first-order valence-electron chi connectivity index (χ1n) is 9.78. The molecule has 0 aliphatic carbocycles. The normalized spacial score (nSPS) is 20.4. The smallest absolute Gasteiger partial charge is 0.161 e. The Kier molecular flexibility index (Phi) is 5.80. The molecular formula is C22H28N2O3. The van der Waals surface area contributed by atoms with Crippen molar-refractivity contribution in [1.29, 1.82) is 0 Å². The molecule has 1 N–H and O–H groups in total. The second kappa shape index (κ2) is 8.63. The molecule has 4 rings (SSSR count). The molecule has 2 aliphatic heterocycles. The summed E-state index contributed by atoms with van der Waals surface area (Å²) < 4.78 is 17.4. The van der Waals surface area contributed by atoms with Crippen molar-refractivity contribution >= 4 is 0 Å². The molecular weight excluding hydrogens is 340 g/mol. The van der Waals surface area contributed by atoms with Crippen LogP contribution < -0.4 is 19.5 Å². The van der Waals surface area contributed by atoms with Gasteiger partial charge in [0.05, 0.1) is 7.11 Å².